The Morgan fingerprint density at radius 3 is 3.12 bits per heavy atom. The van der Waals surface area contributed by atoms with Crippen LogP contribution in [0.5, 0.6) is 5.75 Å². The zero-order valence-electron chi connectivity index (χ0n) is 9.70. The van der Waals surface area contributed by atoms with Gasteiger partial charge in [0.1, 0.15) is 5.75 Å². The van der Waals surface area contributed by atoms with Gasteiger partial charge in [-0.15, -0.1) is 0 Å². The number of aliphatic hydroxyl groups is 1. The summed E-state index contributed by atoms with van der Waals surface area (Å²) in [7, 11) is 1.70. The van der Waals surface area contributed by atoms with Gasteiger partial charge in [0.05, 0.1) is 7.11 Å². The van der Waals surface area contributed by atoms with Crippen LogP contribution >= 0.6 is 0 Å². The number of nitrogens with one attached hydrogen (secondary N) is 1. The average Bonchev–Trinajstić information content (AvgIpc) is 2.72. The van der Waals surface area contributed by atoms with Crippen molar-refractivity contribution >= 4 is 0 Å². The van der Waals surface area contributed by atoms with E-state index in [1.807, 2.05) is 6.07 Å². The van der Waals surface area contributed by atoms with E-state index >= 15 is 0 Å². The van der Waals surface area contributed by atoms with E-state index in [4.69, 9.17) is 9.84 Å². The van der Waals surface area contributed by atoms with Gasteiger partial charge in [0.25, 0.3) is 0 Å². The Hall–Kier alpha value is -1.06. The summed E-state index contributed by atoms with van der Waals surface area (Å²) in [6, 6.07) is 6.73. The first-order chi connectivity index (χ1) is 7.85. The van der Waals surface area contributed by atoms with E-state index in [0.717, 1.165) is 31.6 Å². The van der Waals surface area contributed by atoms with E-state index in [-0.39, 0.29) is 6.61 Å². The molecule has 0 radical (unpaired) electrons. The van der Waals surface area contributed by atoms with Crippen LogP contribution in [-0.4, -0.2) is 25.4 Å². The number of hydrogen-bond acceptors (Lipinski definition) is 3. The molecule has 0 heterocycles. The number of aliphatic hydroxyl groups excluding tert-OH is 1. The molecule has 0 aromatic heterocycles. The summed E-state index contributed by atoms with van der Waals surface area (Å²) in [5, 5.41) is 12.2. The van der Waals surface area contributed by atoms with E-state index in [9.17, 15) is 0 Å². The van der Waals surface area contributed by atoms with Crippen molar-refractivity contribution in [1.82, 2.24) is 5.32 Å². The standard InChI is InChI=1S/C13H19NO2/c1-16-11-5-3-10-4-6-13(12(10)9-11)14-7-2-8-15/h3,5,9,13-15H,2,4,6-8H2,1H3. The van der Waals surface area contributed by atoms with Crippen LogP contribution in [0.2, 0.25) is 0 Å². The van der Waals surface area contributed by atoms with Crippen LogP contribution in [0.4, 0.5) is 0 Å². The average molecular weight is 221 g/mol. The van der Waals surface area contributed by atoms with Crippen LogP contribution in [0, 0.1) is 0 Å². The highest BCUT2D eigenvalue weighted by atomic mass is 16.5. The fourth-order valence-corrected chi connectivity index (χ4v) is 2.27. The number of benzene rings is 1. The van der Waals surface area contributed by atoms with Gasteiger partial charge in [-0.3, -0.25) is 0 Å². The maximum absolute atomic E-state index is 8.76. The molecule has 1 atom stereocenters. The van der Waals surface area contributed by atoms with Crippen molar-refractivity contribution in [1.29, 1.82) is 0 Å². The van der Waals surface area contributed by atoms with Gasteiger partial charge in [-0.05, 0) is 49.1 Å². The molecule has 0 fully saturated rings. The predicted octanol–water partition coefficient (Wildman–Crippen LogP) is 1.65. The van der Waals surface area contributed by atoms with E-state index in [0.29, 0.717) is 6.04 Å². The van der Waals surface area contributed by atoms with Gasteiger partial charge >= 0.3 is 0 Å². The molecule has 1 aliphatic rings. The first-order valence-corrected chi connectivity index (χ1v) is 5.86. The Morgan fingerprint density at radius 1 is 1.50 bits per heavy atom. The second-order valence-electron chi connectivity index (χ2n) is 4.19. The molecule has 3 heteroatoms. The molecule has 0 spiro atoms. The molecule has 0 amide bonds. The highest BCUT2D eigenvalue weighted by molar-refractivity contribution is 5.40. The lowest BCUT2D eigenvalue weighted by atomic mass is 10.1. The molecule has 1 aliphatic carbocycles. The van der Waals surface area contributed by atoms with Gasteiger partial charge in [0.2, 0.25) is 0 Å². The zero-order chi connectivity index (χ0) is 11.4. The van der Waals surface area contributed by atoms with Crippen LogP contribution in [-0.2, 0) is 6.42 Å². The Kier molecular flexibility index (Phi) is 3.80. The third-order valence-corrected chi connectivity index (χ3v) is 3.16. The van der Waals surface area contributed by atoms with E-state index < -0.39 is 0 Å². The monoisotopic (exact) mass is 221 g/mol. The van der Waals surface area contributed by atoms with Crippen molar-refractivity contribution in [3.63, 3.8) is 0 Å². The van der Waals surface area contributed by atoms with Crippen molar-refractivity contribution in [2.75, 3.05) is 20.3 Å². The third-order valence-electron chi connectivity index (χ3n) is 3.16. The number of aryl methyl sites for hydroxylation is 1. The van der Waals surface area contributed by atoms with Crippen molar-refractivity contribution in [2.24, 2.45) is 0 Å². The molecule has 1 unspecified atom stereocenters. The van der Waals surface area contributed by atoms with Gasteiger partial charge in [0, 0.05) is 12.6 Å². The normalized spacial score (nSPS) is 18.5. The fraction of sp³-hybridized carbons (Fsp3) is 0.538. The molecular formula is C13H19NO2. The number of hydrogen-bond donors (Lipinski definition) is 2. The van der Waals surface area contributed by atoms with Crippen molar-refractivity contribution < 1.29 is 9.84 Å². The summed E-state index contributed by atoms with van der Waals surface area (Å²) in [6.07, 6.45) is 3.10. The van der Waals surface area contributed by atoms with Gasteiger partial charge in [-0.1, -0.05) is 6.07 Å². The summed E-state index contributed by atoms with van der Waals surface area (Å²) in [6.45, 7) is 1.13. The molecular weight excluding hydrogens is 202 g/mol. The van der Waals surface area contributed by atoms with Crippen LogP contribution in [0.25, 0.3) is 0 Å². The lowest BCUT2D eigenvalue weighted by molar-refractivity contribution is 0.283. The van der Waals surface area contributed by atoms with E-state index in [1.165, 1.54) is 11.1 Å². The second-order valence-corrected chi connectivity index (χ2v) is 4.19. The molecule has 3 nitrogen and oxygen atoms in total. The molecule has 0 saturated heterocycles. The molecule has 2 rings (SSSR count). The topological polar surface area (TPSA) is 41.5 Å². The Morgan fingerprint density at radius 2 is 2.38 bits per heavy atom. The summed E-state index contributed by atoms with van der Waals surface area (Å²) < 4.78 is 5.25. The molecule has 1 aromatic carbocycles. The summed E-state index contributed by atoms with van der Waals surface area (Å²) in [5.74, 6) is 0.926. The lowest BCUT2D eigenvalue weighted by Gasteiger charge is -2.14. The molecule has 1 aromatic rings. The summed E-state index contributed by atoms with van der Waals surface area (Å²) >= 11 is 0. The minimum Gasteiger partial charge on any atom is -0.497 e. The Balaban J connectivity index is 2.05. The van der Waals surface area contributed by atoms with Crippen molar-refractivity contribution in [3.05, 3.63) is 29.3 Å². The van der Waals surface area contributed by atoms with Crippen LogP contribution in [0.3, 0.4) is 0 Å². The van der Waals surface area contributed by atoms with Crippen LogP contribution in [0.15, 0.2) is 18.2 Å². The minimum absolute atomic E-state index is 0.255. The number of ether oxygens (including phenoxy) is 1. The smallest absolute Gasteiger partial charge is 0.119 e. The minimum atomic E-state index is 0.255. The maximum Gasteiger partial charge on any atom is 0.119 e. The van der Waals surface area contributed by atoms with Crippen molar-refractivity contribution in [3.8, 4) is 5.75 Å². The zero-order valence-corrected chi connectivity index (χ0v) is 9.70. The fourth-order valence-electron chi connectivity index (χ4n) is 2.27. The summed E-state index contributed by atoms with van der Waals surface area (Å²) in [4.78, 5) is 0. The lowest BCUT2D eigenvalue weighted by Crippen LogP contribution is -2.21. The highest BCUT2D eigenvalue weighted by Crippen LogP contribution is 2.33. The first-order valence-electron chi connectivity index (χ1n) is 5.86. The number of fused-ring (bicyclic) bond motifs is 1. The Labute approximate surface area is 96.4 Å². The van der Waals surface area contributed by atoms with Crippen molar-refractivity contribution in [2.45, 2.75) is 25.3 Å². The molecule has 0 bridgehead atoms. The van der Waals surface area contributed by atoms with Crippen LogP contribution < -0.4 is 10.1 Å². The number of rotatable bonds is 5. The summed E-state index contributed by atoms with van der Waals surface area (Å²) in [5.41, 5.74) is 2.78. The number of methoxy groups -OCH3 is 1. The molecule has 0 aliphatic heterocycles. The molecule has 88 valence electrons. The molecule has 2 N–H and O–H groups in total. The quantitative estimate of drug-likeness (QED) is 0.743. The highest BCUT2D eigenvalue weighted by Gasteiger charge is 2.21. The molecule has 0 saturated carbocycles. The Bertz CT molecular complexity index is 352. The van der Waals surface area contributed by atoms with Gasteiger partial charge in [0.15, 0.2) is 0 Å². The third kappa shape index (κ3) is 2.36. The van der Waals surface area contributed by atoms with Crippen LogP contribution in [0.1, 0.15) is 30.0 Å². The van der Waals surface area contributed by atoms with Gasteiger partial charge in [-0.25, -0.2) is 0 Å². The molecule has 16 heavy (non-hydrogen) atoms. The van der Waals surface area contributed by atoms with E-state index in [2.05, 4.69) is 17.4 Å². The maximum atomic E-state index is 8.76. The van der Waals surface area contributed by atoms with E-state index in [1.54, 1.807) is 7.11 Å². The first kappa shape index (κ1) is 11.4. The largest absolute Gasteiger partial charge is 0.497 e. The second kappa shape index (κ2) is 5.32. The van der Waals surface area contributed by atoms with Gasteiger partial charge in [-0.2, -0.15) is 0 Å². The SMILES string of the molecule is COc1ccc2c(c1)C(NCCCO)CC2. The van der Waals surface area contributed by atoms with Gasteiger partial charge < -0.3 is 15.2 Å². The predicted molar refractivity (Wildman–Crippen MR) is 63.8 cm³/mol.